The standard InChI is InChI=1S/C19H26N2O4S/c1-3-8-16(22)21-13-26-11-15(21)17(23)20-12-19(4-2,18(24)25)14-9-6-5-7-10-14/h5-7,9-10,15H,3-4,8,11-13H2,1-2H3,(H,20,23)(H,24,25). The molecule has 1 fully saturated rings. The molecule has 2 unspecified atom stereocenters. The summed E-state index contributed by atoms with van der Waals surface area (Å²) in [6, 6.07) is 8.43. The van der Waals surface area contributed by atoms with Gasteiger partial charge in [0.15, 0.2) is 0 Å². The van der Waals surface area contributed by atoms with Gasteiger partial charge in [0, 0.05) is 18.7 Å². The van der Waals surface area contributed by atoms with E-state index in [9.17, 15) is 19.5 Å². The Morgan fingerprint density at radius 3 is 2.54 bits per heavy atom. The van der Waals surface area contributed by atoms with Gasteiger partial charge >= 0.3 is 5.97 Å². The van der Waals surface area contributed by atoms with Crippen molar-refractivity contribution in [3.63, 3.8) is 0 Å². The van der Waals surface area contributed by atoms with Crippen LogP contribution in [-0.4, -0.2) is 52.0 Å². The van der Waals surface area contributed by atoms with Crippen LogP contribution >= 0.6 is 11.8 Å². The maximum Gasteiger partial charge on any atom is 0.315 e. The number of carboxylic acids is 1. The third-order valence-corrected chi connectivity index (χ3v) is 5.89. The van der Waals surface area contributed by atoms with Gasteiger partial charge in [0.25, 0.3) is 0 Å². The lowest BCUT2D eigenvalue weighted by Gasteiger charge is -2.30. The van der Waals surface area contributed by atoms with Crippen molar-refractivity contribution in [1.82, 2.24) is 10.2 Å². The van der Waals surface area contributed by atoms with E-state index < -0.39 is 17.4 Å². The van der Waals surface area contributed by atoms with E-state index >= 15 is 0 Å². The molecule has 1 saturated heterocycles. The van der Waals surface area contributed by atoms with Crippen molar-refractivity contribution < 1.29 is 19.5 Å². The van der Waals surface area contributed by atoms with Gasteiger partial charge in [-0.2, -0.15) is 0 Å². The molecule has 0 bridgehead atoms. The molecule has 2 amide bonds. The summed E-state index contributed by atoms with van der Waals surface area (Å²) in [5, 5.41) is 12.6. The van der Waals surface area contributed by atoms with Crippen LogP contribution in [0, 0.1) is 0 Å². The van der Waals surface area contributed by atoms with Crippen molar-refractivity contribution in [1.29, 1.82) is 0 Å². The van der Waals surface area contributed by atoms with E-state index in [1.54, 1.807) is 47.9 Å². The van der Waals surface area contributed by atoms with E-state index in [1.807, 2.05) is 13.0 Å². The lowest BCUT2D eigenvalue weighted by atomic mass is 9.78. The minimum Gasteiger partial charge on any atom is -0.481 e. The van der Waals surface area contributed by atoms with Gasteiger partial charge in [-0.25, -0.2) is 0 Å². The minimum atomic E-state index is -1.18. The Hall–Kier alpha value is -2.02. The summed E-state index contributed by atoms with van der Waals surface area (Å²) in [7, 11) is 0. The van der Waals surface area contributed by atoms with E-state index in [1.165, 1.54) is 0 Å². The molecule has 0 spiro atoms. The quantitative estimate of drug-likeness (QED) is 0.724. The zero-order chi connectivity index (χ0) is 19.2. The summed E-state index contributed by atoms with van der Waals surface area (Å²) in [5.74, 6) is -0.229. The molecule has 0 aliphatic carbocycles. The maximum absolute atomic E-state index is 12.7. The second-order valence-electron chi connectivity index (χ2n) is 6.45. The van der Waals surface area contributed by atoms with Crippen LogP contribution in [0.25, 0.3) is 0 Å². The summed E-state index contributed by atoms with van der Waals surface area (Å²) in [6.07, 6.45) is 1.51. The normalized spacial score (nSPS) is 19.0. The minimum absolute atomic E-state index is 0.00133. The van der Waals surface area contributed by atoms with E-state index in [0.717, 1.165) is 6.42 Å². The van der Waals surface area contributed by atoms with E-state index in [-0.39, 0.29) is 18.4 Å². The molecule has 1 aromatic carbocycles. The highest BCUT2D eigenvalue weighted by molar-refractivity contribution is 7.99. The monoisotopic (exact) mass is 378 g/mol. The molecule has 142 valence electrons. The highest BCUT2D eigenvalue weighted by atomic mass is 32.2. The Kier molecular flexibility index (Phi) is 7.08. The molecule has 0 aromatic heterocycles. The first-order valence-corrected chi connectivity index (χ1v) is 10.1. The number of carboxylic acid groups (broad SMARTS) is 1. The fraction of sp³-hybridized carbons (Fsp3) is 0.526. The molecule has 0 radical (unpaired) electrons. The van der Waals surface area contributed by atoms with Crippen molar-refractivity contribution in [3.05, 3.63) is 35.9 Å². The molecule has 1 aromatic rings. The van der Waals surface area contributed by atoms with Gasteiger partial charge in [-0.05, 0) is 18.4 Å². The van der Waals surface area contributed by atoms with E-state index in [0.29, 0.717) is 30.0 Å². The van der Waals surface area contributed by atoms with Gasteiger partial charge in [0.05, 0.1) is 5.88 Å². The molecule has 26 heavy (non-hydrogen) atoms. The molecule has 7 heteroatoms. The molecular formula is C19H26N2O4S. The molecule has 2 rings (SSSR count). The van der Waals surface area contributed by atoms with Gasteiger partial charge in [0.1, 0.15) is 11.5 Å². The number of nitrogens with zero attached hydrogens (tertiary/aromatic N) is 1. The Morgan fingerprint density at radius 2 is 1.96 bits per heavy atom. The van der Waals surface area contributed by atoms with Crippen LogP contribution in [0.4, 0.5) is 0 Å². The van der Waals surface area contributed by atoms with Crippen LogP contribution in [-0.2, 0) is 19.8 Å². The fourth-order valence-corrected chi connectivity index (χ4v) is 4.34. The largest absolute Gasteiger partial charge is 0.481 e. The highest BCUT2D eigenvalue weighted by Gasteiger charge is 2.41. The van der Waals surface area contributed by atoms with Gasteiger partial charge in [-0.3, -0.25) is 14.4 Å². The zero-order valence-electron chi connectivity index (χ0n) is 15.2. The SMILES string of the molecule is CCCC(=O)N1CSCC1C(=O)NCC(CC)(C(=O)O)c1ccccc1. The number of thioether (sulfide) groups is 1. The predicted molar refractivity (Wildman–Crippen MR) is 102 cm³/mol. The van der Waals surface area contributed by atoms with Crippen molar-refractivity contribution in [3.8, 4) is 0 Å². The van der Waals surface area contributed by atoms with Crippen molar-refractivity contribution in [2.24, 2.45) is 0 Å². The number of hydrogen-bond acceptors (Lipinski definition) is 4. The predicted octanol–water partition coefficient (Wildman–Crippen LogP) is 2.24. The topological polar surface area (TPSA) is 86.7 Å². The molecule has 0 saturated carbocycles. The Labute approximate surface area is 158 Å². The number of carbonyl (C=O) groups is 3. The van der Waals surface area contributed by atoms with Crippen LogP contribution in [0.2, 0.25) is 0 Å². The van der Waals surface area contributed by atoms with Gasteiger partial charge in [-0.15, -0.1) is 11.8 Å². The van der Waals surface area contributed by atoms with Gasteiger partial charge < -0.3 is 15.3 Å². The fourth-order valence-electron chi connectivity index (χ4n) is 3.16. The number of aliphatic carboxylic acids is 1. The summed E-state index contributed by atoms with van der Waals surface area (Å²) in [5.41, 5.74) is -0.518. The first-order chi connectivity index (χ1) is 12.5. The summed E-state index contributed by atoms with van der Waals surface area (Å²) in [6.45, 7) is 3.73. The Bertz CT molecular complexity index is 652. The number of benzene rings is 1. The molecule has 2 atom stereocenters. The Morgan fingerprint density at radius 1 is 1.27 bits per heavy atom. The summed E-state index contributed by atoms with van der Waals surface area (Å²) < 4.78 is 0. The first kappa shape index (κ1) is 20.3. The van der Waals surface area contributed by atoms with Crippen molar-refractivity contribution >= 4 is 29.5 Å². The highest BCUT2D eigenvalue weighted by Crippen LogP contribution is 2.28. The van der Waals surface area contributed by atoms with Crippen molar-refractivity contribution in [2.45, 2.75) is 44.6 Å². The maximum atomic E-state index is 12.7. The average molecular weight is 378 g/mol. The average Bonchev–Trinajstić information content (AvgIpc) is 3.13. The Balaban J connectivity index is 2.12. The van der Waals surface area contributed by atoms with Crippen LogP contribution in [0.3, 0.4) is 0 Å². The molecular weight excluding hydrogens is 352 g/mol. The third-order valence-electron chi connectivity index (χ3n) is 4.87. The van der Waals surface area contributed by atoms with Crippen LogP contribution in [0.5, 0.6) is 0 Å². The number of hydrogen-bond donors (Lipinski definition) is 2. The third kappa shape index (κ3) is 4.20. The smallest absolute Gasteiger partial charge is 0.315 e. The van der Waals surface area contributed by atoms with Gasteiger partial charge in [0.2, 0.25) is 11.8 Å². The lowest BCUT2D eigenvalue weighted by molar-refractivity contribution is -0.144. The number of amides is 2. The second kappa shape index (κ2) is 9.07. The van der Waals surface area contributed by atoms with Crippen molar-refractivity contribution in [2.75, 3.05) is 18.2 Å². The van der Waals surface area contributed by atoms with Crippen LogP contribution in [0.15, 0.2) is 30.3 Å². The van der Waals surface area contributed by atoms with Crippen LogP contribution < -0.4 is 5.32 Å². The van der Waals surface area contributed by atoms with Gasteiger partial charge in [-0.1, -0.05) is 44.2 Å². The first-order valence-electron chi connectivity index (χ1n) is 8.90. The van der Waals surface area contributed by atoms with Crippen LogP contribution in [0.1, 0.15) is 38.7 Å². The number of rotatable bonds is 8. The molecule has 6 nitrogen and oxygen atoms in total. The molecule has 1 aliphatic heterocycles. The number of nitrogens with one attached hydrogen (secondary N) is 1. The van der Waals surface area contributed by atoms with E-state index in [4.69, 9.17) is 0 Å². The second-order valence-corrected chi connectivity index (χ2v) is 7.45. The molecule has 2 N–H and O–H groups in total. The molecule has 1 aliphatic rings. The lowest BCUT2D eigenvalue weighted by Crippen LogP contribution is -2.52. The summed E-state index contributed by atoms with van der Waals surface area (Å²) >= 11 is 1.54. The molecule has 1 heterocycles. The zero-order valence-corrected chi connectivity index (χ0v) is 16.1. The number of carbonyl (C=O) groups excluding carboxylic acids is 2. The van der Waals surface area contributed by atoms with E-state index in [2.05, 4.69) is 5.32 Å². The summed E-state index contributed by atoms with van der Waals surface area (Å²) in [4.78, 5) is 38.5.